The first-order valence-electron chi connectivity index (χ1n) is 10.3. The molecule has 4 aromatic rings. The monoisotopic (exact) mass is 498 g/mol. The number of nitrogens with two attached hydrogens (primary N) is 1. The summed E-state index contributed by atoms with van der Waals surface area (Å²) in [5.74, 6) is -0.520. The van der Waals surface area contributed by atoms with Gasteiger partial charge < -0.3 is 11.1 Å². The maximum Gasteiger partial charge on any atom is 0.268 e. The molecule has 2 heterocycles. The van der Waals surface area contributed by atoms with Crippen LogP contribution in [0.15, 0.2) is 82.8 Å². The van der Waals surface area contributed by atoms with Gasteiger partial charge in [0.2, 0.25) is 0 Å². The lowest BCUT2D eigenvalue weighted by atomic mass is 10.2. The van der Waals surface area contributed by atoms with Crippen LogP contribution >= 0.6 is 11.6 Å². The van der Waals surface area contributed by atoms with Gasteiger partial charge >= 0.3 is 0 Å². The minimum atomic E-state index is -3.82. The number of benzene rings is 2. The maximum absolute atomic E-state index is 12.9. The molecule has 0 saturated heterocycles. The van der Waals surface area contributed by atoms with E-state index in [0.29, 0.717) is 10.7 Å². The Morgan fingerprint density at radius 3 is 2.53 bits per heavy atom. The molecule has 0 bridgehead atoms. The molecule has 0 aliphatic carbocycles. The molecule has 0 unspecified atom stereocenters. The third-order valence-electron chi connectivity index (χ3n) is 4.45. The number of halogens is 1. The fourth-order valence-corrected chi connectivity index (χ4v) is 4.53. The van der Waals surface area contributed by atoms with E-state index in [1.54, 1.807) is 54.6 Å². The SMILES string of the molecule is CC.NC(=O)c1c(N=Cc2cccn2S(=O)(=O)c2ccccc2)n[nH]c1Nc1cccc(Cl)c1. The summed E-state index contributed by atoms with van der Waals surface area (Å²) in [4.78, 5) is 16.4. The van der Waals surface area contributed by atoms with Gasteiger partial charge in [-0.2, -0.15) is 5.10 Å². The van der Waals surface area contributed by atoms with E-state index >= 15 is 0 Å². The molecule has 4 N–H and O–H groups in total. The number of aliphatic imine (C=N–C) groups is 1. The van der Waals surface area contributed by atoms with Crippen LogP contribution in [0, 0.1) is 0 Å². The van der Waals surface area contributed by atoms with Crippen molar-refractivity contribution in [2.45, 2.75) is 18.7 Å². The summed E-state index contributed by atoms with van der Waals surface area (Å²) in [6.07, 6.45) is 2.71. The zero-order chi connectivity index (χ0) is 24.7. The Balaban J connectivity index is 0.00000158. The first kappa shape index (κ1) is 24.7. The first-order chi connectivity index (χ1) is 16.4. The van der Waals surface area contributed by atoms with Crippen LogP contribution in [0.3, 0.4) is 0 Å². The number of nitrogens with one attached hydrogen (secondary N) is 2. The van der Waals surface area contributed by atoms with E-state index in [1.807, 2.05) is 13.8 Å². The van der Waals surface area contributed by atoms with Crippen LogP contribution in [0.1, 0.15) is 29.9 Å². The highest BCUT2D eigenvalue weighted by molar-refractivity contribution is 7.90. The molecule has 2 aromatic carbocycles. The van der Waals surface area contributed by atoms with Gasteiger partial charge in [0, 0.05) is 16.9 Å². The van der Waals surface area contributed by atoms with Crippen molar-refractivity contribution in [2.24, 2.45) is 10.7 Å². The first-order valence-corrected chi connectivity index (χ1v) is 12.1. The summed E-state index contributed by atoms with van der Waals surface area (Å²) in [7, 11) is -3.82. The molecule has 0 aliphatic heterocycles. The standard InChI is InChI=1S/C21H17ClN6O3S.C2H6/c22-14-6-4-7-15(12-14)25-21-18(19(23)29)20(26-27-21)24-13-16-8-5-11-28(16)32(30,31)17-9-2-1-3-10-17;1-2/h1-13H,(H2,23,29)(H2,25,26,27);1-2H3. The van der Waals surface area contributed by atoms with Crippen molar-refractivity contribution in [3.8, 4) is 0 Å². The number of nitrogens with zero attached hydrogens (tertiary/aromatic N) is 3. The fraction of sp³-hybridized carbons (Fsp3) is 0.0870. The van der Waals surface area contributed by atoms with Crippen molar-refractivity contribution in [2.75, 3.05) is 5.32 Å². The van der Waals surface area contributed by atoms with E-state index in [4.69, 9.17) is 17.3 Å². The summed E-state index contributed by atoms with van der Waals surface area (Å²) >= 11 is 5.99. The van der Waals surface area contributed by atoms with Gasteiger partial charge in [-0.1, -0.05) is 49.7 Å². The van der Waals surface area contributed by atoms with Crippen LogP contribution in [0.2, 0.25) is 5.02 Å². The Hall–Kier alpha value is -3.89. The van der Waals surface area contributed by atoms with E-state index in [9.17, 15) is 13.2 Å². The number of hydrogen-bond acceptors (Lipinski definition) is 6. The number of carbonyl (C=O) groups is 1. The van der Waals surface area contributed by atoms with Crippen molar-refractivity contribution in [3.63, 3.8) is 0 Å². The number of aromatic amines is 1. The van der Waals surface area contributed by atoms with Crippen molar-refractivity contribution < 1.29 is 13.2 Å². The van der Waals surface area contributed by atoms with Crippen LogP contribution in [-0.4, -0.2) is 34.7 Å². The molecule has 11 heteroatoms. The van der Waals surface area contributed by atoms with Crippen molar-refractivity contribution >= 4 is 51.1 Å². The van der Waals surface area contributed by atoms with Gasteiger partial charge in [-0.25, -0.2) is 17.4 Å². The van der Waals surface area contributed by atoms with Crippen LogP contribution < -0.4 is 11.1 Å². The summed E-state index contributed by atoms with van der Waals surface area (Å²) in [6.45, 7) is 4.00. The highest BCUT2D eigenvalue weighted by Gasteiger charge is 2.20. The zero-order valence-electron chi connectivity index (χ0n) is 18.4. The van der Waals surface area contributed by atoms with E-state index in [1.165, 1.54) is 24.5 Å². The highest BCUT2D eigenvalue weighted by atomic mass is 35.5. The second kappa shape index (κ2) is 10.8. The molecule has 9 nitrogen and oxygen atoms in total. The van der Waals surface area contributed by atoms with Crippen molar-refractivity contribution in [3.05, 3.63) is 89.2 Å². The quantitative estimate of drug-likeness (QED) is 0.317. The number of hydrogen-bond donors (Lipinski definition) is 3. The molecule has 1 amide bonds. The van der Waals surface area contributed by atoms with Gasteiger partial charge in [0.25, 0.3) is 15.9 Å². The Morgan fingerprint density at radius 1 is 1.12 bits per heavy atom. The summed E-state index contributed by atoms with van der Waals surface area (Å²) in [6, 6.07) is 18.0. The third-order valence-corrected chi connectivity index (χ3v) is 6.40. The molecule has 2 aromatic heterocycles. The van der Waals surface area contributed by atoms with Gasteiger partial charge in [-0.3, -0.25) is 9.89 Å². The molecule has 0 saturated carbocycles. The number of carbonyl (C=O) groups excluding carboxylic acids is 1. The van der Waals surface area contributed by atoms with E-state index < -0.39 is 15.9 Å². The average Bonchev–Trinajstić information content (AvgIpc) is 3.47. The number of primary amides is 1. The predicted molar refractivity (Wildman–Crippen MR) is 134 cm³/mol. The molecule has 176 valence electrons. The summed E-state index contributed by atoms with van der Waals surface area (Å²) in [5, 5.41) is 10.2. The number of anilines is 2. The maximum atomic E-state index is 12.9. The smallest absolute Gasteiger partial charge is 0.268 e. The fourth-order valence-electron chi connectivity index (χ4n) is 2.99. The predicted octanol–water partition coefficient (Wildman–Crippen LogP) is 4.72. The van der Waals surface area contributed by atoms with Gasteiger partial charge in [-0.15, -0.1) is 0 Å². The molecule has 34 heavy (non-hydrogen) atoms. The lowest BCUT2D eigenvalue weighted by molar-refractivity contribution is 0.100. The van der Waals surface area contributed by atoms with Gasteiger partial charge in [0.1, 0.15) is 11.4 Å². The Morgan fingerprint density at radius 2 is 1.85 bits per heavy atom. The van der Waals surface area contributed by atoms with Gasteiger partial charge in [-0.05, 0) is 42.5 Å². The third kappa shape index (κ3) is 5.36. The topological polar surface area (TPSA) is 135 Å². The van der Waals surface area contributed by atoms with Gasteiger partial charge in [0.05, 0.1) is 16.8 Å². The molecular formula is C23H23ClN6O3S. The normalized spacial score (nSPS) is 11.1. The second-order valence-corrected chi connectivity index (χ2v) is 8.85. The molecule has 0 spiro atoms. The van der Waals surface area contributed by atoms with Crippen LogP contribution in [0.4, 0.5) is 17.3 Å². The van der Waals surface area contributed by atoms with E-state index in [0.717, 1.165) is 3.97 Å². The highest BCUT2D eigenvalue weighted by Crippen LogP contribution is 2.27. The minimum absolute atomic E-state index is 0.00638. The van der Waals surface area contributed by atoms with E-state index in [-0.39, 0.29) is 27.8 Å². The van der Waals surface area contributed by atoms with Crippen LogP contribution in [-0.2, 0) is 10.0 Å². The largest absolute Gasteiger partial charge is 0.365 e. The second-order valence-electron chi connectivity index (χ2n) is 6.60. The number of rotatable bonds is 7. The summed E-state index contributed by atoms with van der Waals surface area (Å²) in [5.41, 5.74) is 6.43. The van der Waals surface area contributed by atoms with Crippen molar-refractivity contribution in [1.29, 1.82) is 0 Å². The molecule has 0 fully saturated rings. The molecule has 0 radical (unpaired) electrons. The molecular weight excluding hydrogens is 476 g/mol. The molecule has 0 aliphatic rings. The number of H-pyrrole nitrogens is 1. The Labute approximate surface area is 202 Å². The summed E-state index contributed by atoms with van der Waals surface area (Å²) < 4.78 is 26.9. The average molecular weight is 499 g/mol. The van der Waals surface area contributed by atoms with Crippen molar-refractivity contribution in [1.82, 2.24) is 14.2 Å². The Bertz CT molecular complexity index is 1410. The van der Waals surface area contributed by atoms with Crippen LogP contribution in [0.25, 0.3) is 0 Å². The molecule has 4 rings (SSSR count). The zero-order valence-corrected chi connectivity index (χ0v) is 20.0. The minimum Gasteiger partial charge on any atom is -0.365 e. The lowest BCUT2D eigenvalue weighted by Crippen LogP contribution is -2.14. The Kier molecular flexibility index (Phi) is 7.87. The lowest BCUT2D eigenvalue weighted by Gasteiger charge is -2.08. The number of amides is 1. The van der Waals surface area contributed by atoms with Gasteiger partial charge in [0.15, 0.2) is 5.82 Å². The van der Waals surface area contributed by atoms with Crippen LogP contribution in [0.5, 0.6) is 0 Å². The van der Waals surface area contributed by atoms with E-state index in [2.05, 4.69) is 20.5 Å². The molecule has 0 atom stereocenters. The number of aromatic nitrogens is 3.